The molecule has 0 radical (unpaired) electrons. The minimum Gasteiger partial charge on any atom is -0.481 e. The van der Waals surface area contributed by atoms with E-state index >= 15 is 0 Å². The molecule has 8 N–H and O–H groups in total. The van der Waals surface area contributed by atoms with Gasteiger partial charge >= 0.3 is 23.9 Å². The van der Waals surface area contributed by atoms with E-state index in [0.717, 1.165) is 36.8 Å². The average Bonchev–Trinajstić information content (AvgIpc) is 3.66. The maximum atomic E-state index is 11.7. The summed E-state index contributed by atoms with van der Waals surface area (Å²) in [6.07, 6.45) is 5.46. The molecule has 12 nitrogen and oxygen atoms in total. The molecule has 5 aliphatic rings. The van der Waals surface area contributed by atoms with Crippen LogP contribution >= 0.6 is 0 Å². The fourth-order valence-electron chi connectivity index (χ4n) is 10.1. The molecular weight excluding hydrogens is 620 g/mol. The van der Waals surface area contributed by atoms with Crippen molar-refractivity contribution in [2.75, 3.05) is 0 Å². The lowest BCUT2D eigenvalue weighted by Gasteiger charge is -2.27. The fraction of sp³-hybridized carbons (Fsp3) is 0.778. The van der Waals surface area contributed by atoms with Gasteiger partial charge in [0.25, 0.3) is 0 Å². The van der Waals surface area contributed by atoms with Crippen LogP contribution in [0.3, 0.4) is 0 Å². The Morgan fingerprint density at radius 2 is 0.854 bits per heavy atom. The number of carboxylic acid groups (broad SMARTS) is 4. The van der Waals surface area contributed by atoms with Crippen molar-refractivity contribution in [3.05, 3.63) is 22.3 Å². The minimum absolute atomic E-state index is 0.00795. The second-order valence-corrected chi connectivity index (χ2v) is 15.4. The lowest BCUT2D eigenvalue weighted by atomic mass is 9.80. The van der Waals surface area contributed by atoms with E-state index in [2.05, 4.69) is 49.0 Å². The summed E-state index contributed by atoms with van der Waals surface area (Å²) < 4.78 is 0. The Bertz CT molecular complexity index is 1220. The van der Waals surface area contributed by atoms with Crippen LogP contribution in [-0.4, -0.2) is 92.6 Å². The second-order valence-electron chi connectivity index (χ2n) is 15.4. The SMILES string of the molecule is CC1=C(CCC(=O)O)C2CC3[15NH]C(CC4[15NH]C(CC5[15NH]C(CC1[15NH]2)C(CCC(=O)O)C5C)C(CCC(=O)O)=C4C)C(CCC(=O)O)C3C. The number of hydrogen-bond acceptors (Lipinski definition) is 8. The highest BCUT2D eigenvalue weighted by atomic mass is 16.4. The van der Waals surface area contributed by atoms with E-state index in [-0.39, 0.29) is 97.7 Å². The molecule has 0 amide bonds. The lowest BCUT2D eigenvalue weighted by Crippen LogP contribution is -2.46. The third kappa shape index (κ3) is 8.14. The van der Waals surface area contributed by atoms with Gasteiger partial charge in [-0.05, 0) is 88.9 Å². The highest BCUT2D eigenvalue weighted by Gasteiger charge is 2.48. The van der Waals surface area contributed by atoms with Crippen LogP contribution in [0.4, 0.5) is 0 Å². The van der Waals surface area contributed by atoms with Crippen LogP contribution in [0.5, 0.6) is 0 Å². The van der Waals surface area contributed by atoms with Gasteiger partial charge in [-0.2, -0.15) is 0 Å². The Morgan fingerprint density at radius 1 is 0.521 bits per heavy atom. The van der Waals surface area contributed by atoms with Gasteiger partial charge in [-0.1, -0.05) is 36.1 Å². The van der Waals surface area contributed by atoms with Crippen LogP contribution in [-0.2, 0) is 19.2 Å². The maximum absolute atomic E-state index is 11.7. The van der Waals surface area contributed by atoms with E-state index in [1.54, 1.807) is 0 Å². The summed E-state index contributed by atoms with van der Waals surface area (Å²) in [7, 11) is 0. The highest BCUT2D eigenvalue weighted by molar-refractivity contribution is 5.68. The zero-order valence-corrected chi connectivity index (χ0v) is 28.8. The molecule has 12 atom stereocenters. The van der Waals surface area contributed by atoms with Crippen molar-refractivity contribution >= 4 is 23.9 Å². The molecule has 0 aromatic rings. The van der Waals surface area contributed by atoms with Gasteiger partial charge < -0.3 is 41.7 Å². The van der Waals surface area contributed by atoms with E-state index in [9.17, 15) is 39.6 Å². The average molecular weight is 677 g/mol. The Balaban J connectivity index is 1.51. The molecule has 0 aromatic carbocycles. The van der Waals surface area contributed by atoms with Crippen LogP contribution in [0, 0.1) is 23.7 Å². The van der Waals surface area contributed by atoms with Gasteiger partial charge in [0.15, 0.2) is 0 Å². The first-order chi connectivity index (χ1) is 22.7. The number of carboxylic acids is 4. The standard InChI is InChI=1S/C36H56N4O8/c1-17-21(5-9-33(41)42)29-14-26-19(3)23(7-11-35(45)46)31(39-26)16-28-20(4)24(8-12-36(47)48)32(40-28)15-27-18(2)22(6-10-34(43)44)30(38-27)13-25(17)37-29/h17,20-21,24-32,37-40H,5-16H2,1-4H3,(H,41,42)(H,43,44)(H,45,46)(H,47,48)/i37+1,38+1,39+1,40+1. The maximum Gasteiger partial charge on any atom is 0.303 e. The van der Waals surface area contributed by atoms with Gasteiger partial charge in [-0.15, -0.1) is 0 Å². The summed E-state index contributed by atoms with van der Waals surface area (Å²) in [4.78, 5) is 46.7. The topological polar surface area (TPSA) is 197 Å². The molecule has 268 valence electrons. The zero-order chi connectivity index (χ0) is 34.9. The molecule has 0 spiro atoms. The van der Waals surface area contributed by atoms with Gasteiger partial charge in [0, 0.05) is 74.0 Å². The summed E-state index contributed by atoms with van der Waals surface area (Å²) in [5.74, 6) is -2.55. The van der Waals surface area contributed by atoms with Crippen LogP contribution in [0.25, 0.3) is 0 Å². The Hall–Kier alpha value is -2.80. The molecule has 5 rings (SSSR count). The van der Waals surface area contributed by atoms with Crippen molar-refractivity contribution in [2.24, 2.45) is 23.7 Å². The summed E-state index contributed by atoms with van der Waals surface area (Å²) in [5, 5.41) is 54.0. The molecule has 12 unspecified atom stereocenters. The van der Waals surface area contributed by atoms with Crippen molar-refractivity contribution in [1.82, 2.24) is 21.3 Å². The normalized spacial score (nSPS) is 38.1. The number of carbonyl (C=O) groups is 4. The molecule has 8 bridgehead atoms. The van der Waals surface area contributed by atoms with Gasteiger partial charge in [0.2, 0.25) is 0 Å². The van der Waals surface area contributed by atoms with Gasteiger partial charge in [-0.3, -0.25) is 19.2 Å². The summed E-state index contributed by atoms with van der Waals surface area (Å²) in [6, 6.07) is 0.397. The molecule has 48 heavy (non-hydrogen) atoms. The first kappa shape index (κ1) is 36.5. The van der Waals surface area contributed by atoms with Gasteiger partial charge in [-0.25, -0.2) is 0 Å². The van der Waals surface area contributed by atoms with Crippen molar-refractivity contribution in [3.8, 4) is 0 Å². The monoisotopic (exact) mass is 676 g/mol. The molecule has 3 saturated heterocycles. The first-order valence-corrected chi connectivity index (χ1v) is 18.0. The molecule has 3 fully saturated rings. The molecule has 12 heteroatoms. The Kier molecular flexibility index (Phi) is 11.7. The lowest BCUT2D eigenvalue weighted by molar-refractivity contribution is -0.138. The van der Waals surface area contributed by atoms with Crippen molar-refractivity contribution < 1.29 is 39.6 Å². The van der Waals surface area contributed by atoms with E-state index in [1.807, 2.05) is 0 Å². The van der Waals surface area contributed by atoms with Crippen molar-refractivity contribution in [2.45, 2.75) is 153 Å². The van der Waals surface area contributed by atoms with Gasteiger partial charge in [0.1, 0.15) is 0 Å². The second kappa shape index (κ2) is 15.4. The number of aliphatic carboxylic acids is 4. The number of nitrogens with one attached hydrogen (secondary N) is 4. The third-order valence-electron chi connectivity index (χ3n) is 12.8. The highest BCUT2D eigenvalue weighted by Crippen LogP contribution is 2.43. The van der Waals surface area contributed by atoms with Crippen LogP contribution in [0.1, 0.15) is 105 Å². The Labute approximate surface area is 283 Å². The summed E-state index contributed by atoms with van der Waals surface area (Å²) in [6.45, 7) is 8.64. The fourth-order valence-corrected chi connectivity index (χ4v) is 10.1. The number of hydrogen-bond donors (Lipinski definition) is 8. The summed E-state index contributed by atoms with van der Waals surface area (Å²) >= 11 is 0. The third-order valence-corrected chi connectivity index (χ3v) is 12.8. The van der Waals surface area contributed by atoms with E-state index in [4.69, 9.17) is 0 Å². The number of rotatable bonds is 12. The smallest absolute Gasteiger partial charge is 0.303 e. The summed E-state index contributed by atoms with van der Waals surface area (Å²) in [5.41, 5.74) is 4.66. The minimum atomic E-state index is -0.825. The quantitative estimate of drug-likeness (QED) is 0.111. The predicted molar refractivity (Wildman–Crippen MR) is 180 cm³/mol. The van der Waals surface area contributed by atoms with E-state index in [0.29, 0.717) is 25.7 Å². The molecule has 5 aliphatic heterocycles. The van der Waals surface area contributed by atoms with Crippen LogP contribution < -0.4 is 21.3 Å². The first-order valence-electron chi connectivity index (χ1n) is 18.0. The van der Waals surface area contributed by atoms with Crippen molar-refractivity contribution in [1.29, 1.82) is 0 Å². The van der Waals surface area contributed by atoms with Crippen LogP contribution in [0.15, 0.2) is 22.3 Å². The van der Waals surface area contributed by atoms with E-state index < -0.39 is 23.9 Å². The van der Waals surface area contributed by atoms with Gasteiger partial charge in [0.05, 0.1) is 0 Å². The number of fused-ring (bicyclic) bond motifs is 8. The molecule has 0 aromatic heterocycles. The molecule has 0 saturated carbocycles. The Morgan fingerprint density at radius 3 is 1.19 bits per heavy atom. The zero-order valence-electron chi connectivity index (χ0n) is 28.8. The molecule has 5 heterocycles. The molecule has 0 aliphatic carbocycles. The predicted octanol–water partition coefficient (Wildman–Crippen LogP) is 3.52. The van der Waals surface area contributed by atoms with E-state index in [1.165, 1.54) is 11.1 Å². The van der Waals surface area contributed by atoms with Crippen LogP contribution in [0.2, 0.25) is 0 Å². The van der Waals surface area contributed by atoms with Crippen molar-refractivity contribution in [3.63, 3.8) is 0 Å². The largest absolute Gasteiger partial charge is 0.481 e. The molecular formula is C36H56N4O8.